The van der Waals surface area contributed by atoms with Crippen molar-refractivity contribution < 1.29 is 19.2 Å². The van der Waals surface area contributed by atoms with E-state index in [2.05, 4.69) is 10.5 Å². The monoisotopic (exact) mass is 293 g/mol. The molecule has 2 atom stereocenters. The highest BCUT2D eigenvalue weighted by molar-refractivity contribution is 5.75. The van der Waals surface area contributed by atoms with Crippen LogP contribution in [-0.4, -0.2) is 39.2 Å². The molecular formula is C14H19N3O4. The van der Waals surface area contributed by atoms with Gasteiger partial charge in [0, 0.05) is 24.6 Å². The van der Waals surface area contributed by atoms with Crippen LogP contribution in [0.25, 0.3) is 0 Å². The Hall–Kier alpha value is -2.05. The molecule has 3 rings (SSSR count). The third kappa shape index (κ3) is 3.01. The molecule has 114 valence electrons. The van der Waals surface area contributed by atoms with E-state index in [1.165, 1.54) is 0 Å². The fourth-order valence-corrected chi connectivity index (χ4v) is 3.62. The Balaban J connectivity index is 1.57. The number of urea groups is 1. The quantitative estimate of drug-likeness (QED) is 0.879. The summed E-state index contributed by atoms with van der Waals surface area (Å²) in [6, 6.07) is 1.96. The molecule has 2 fully saturated rings. The van der Waals surface area contributed by atoms with Crippen LogP contribution in [0.5, 0.6) is 0 Å². The second-order valence-corrected chi connectivity index (χ2v) is 5.87. The second kappa shape index (κ2) is 5.75. The predicted molar refractivity (Wildman–Crippen MR) is 72.4 cm³/mol. The Bertz CT molecular complexity index is 502. The lowest BCUT2D eigenvalue weighted by atomic mass is 9.88. The summed E-state index contributed by atoms with van der Waals surface area (Å²) >= 11 is 0. The number of carbonyl (C=O) groups is 2. The lowest BCUT2D eigenvalue weighted by molar-refractivity contribution is -0.138. The van der Waals surface area contributed by atoms with E-state index in [4.69, 9.17) is 9.63 Å². The van der Waals surface area contributed by atoms with E-state index >= 15 is 0 Å². The van der Waals surface area contributed by atoms with E-state index < -0.39 is 5.97 Å². The van der Waals surface area contributed by atoms with E-state index in [0.29, 0.717) is 12.3 Å². The van der Waals surface area contributed by atoms with Gasteiger partial charge >= 0.3 is 12.0 Å². The Morgan fingerprint density at radius 2 is 2.10 bits per heavy atom. The Kier molecular flexibility index (Phi) is 3.81. The standard InChI is InChI=1S/C14H19N3O4/c18-13(19)7-9-5-10-1-2-11(6-9)17(10)14(20)15-8-12-3-4-16-21-12/h3-4,9-11H,1-2,5-8H2,(H,15,20)(H,18,19). The number of nitrogens with zero attached hydrogens (tertiary/aromatic N) is 2. The molecule has 0 spiro atoms. The first kappa shape index (κ1) is 13.9. The van der Waals surface area contributed by atoms with Crippen molar-refractivity contribution in [3.63, 3.8) is 0 Å². The Morgan fingerprint density at radius 1 is 1.38 bits per heavy atom. The molecule has 2 aliphatic rings. The van der Waals surface area contributed by atoms with Crippen molar-refractivity contribution >= 4 is 12.0 Å². The van der Waals surface area contributed by atoms with Crippen LogP contribution in [-0.2, 0) is 11.3 Å². The molecule has 0 saturated carbocycles. The predicted octanol–water partition coefficient (Wildman–Crippen LogP) is 1.60. The fourth-order valence-electron chi connectivity index (χ4n) is 3.62. The lowest BCUT2D eigenvalue weighted by Crippen LogP contribution is -2.50. The maximum Gasteiger partial charge on any atom is 0.318 e. The zero-order valence-corrected chi connectivity index (χ0v) is 11.7. The minimum absolute atomic E-state index is 0.0901. The van der Waals surface area contributed by atoms with Gasteiger partial charge in [-0.25, -0.2) is 4.79 Å². The van der Waals surface area contributed by atoms with E-state index in [-0.39, 0.29) is 30.5 Å². The molecule has 1 aromatic heterocycles. The smallest absolute Gasteiger partial charge is 0.318 e. The Labute approximate surface area is 122 Å². The number of amides is 2. The summed E-state index contributed by atoms with van der Waals surface area (Å²) in [7, 11) is 0. The van der Waals surface area contributed by atoms with Crippen molar-refractivity contribution in [2.24, 2.45) is 5.92 Å². The average Bonchev–Trinajstić information content (AvgIpc) is 3.02. The maximum atomic E-state index is 12.3. The van der Waals surface area contributed by atoms with Crippen molar-refractivity contribution in [3.05, 3.63) is 18.0 Å². The topological polar surface area (TPSA) is 95.7 Å². The molecule has 2 N–H and O–H groups in total. The van der Waals surface area contributed by atoms with Gasteiger partial charge in [-0.2, -0.15) is 0 Å². The number of carbonyl (C=O) groups excluding carboxylic acids is 1. The highest BCUT2D eigenvalue weighted by Gasteiger charge is 2.43. The van der Waals surface area contributed by atoms with Gasteiger partial charge in [-0.05, 0) is 31.6 Å². The van der Waals surface area contributed by atoms with Crippen LogP contribution in [0, 0.1) is 5.92 Å². The second-order valence-electron chi connectivity index (χ2n) is 5.87. The molecule has 3 heterocycles. The summed E-state index contributed by atoms with van der Waals surface area (Å²) in [4.78, 5) is 25.1. The summed E-state index contributed by atoms with van der Waals surface area (Å²) in [6.07, 6.45) is 5.27. The third-order valence-electron chi connectivity index (χ3n) is 4.43. The van der Waals surface area contributed by atoms with Gasteiger partial charge in [-0.3, -0.25) is 4.79 Å². The number of fused-ring (bicyclic) bond motifs is 2. The highest BCUT2D eigenvalue weighted by atomic mass is 16.5. The van der Waals surface area contributed by atoms with Gasteiger partial charge in [-0.15, -0.1) is 0 Å². The summed E-state index contributed by atoms with van der Waals surface area (Å²) in [5.41, 5.74) is 0. The summed E-state index contributed by atoms with van der Waals surface area (Å²) in [6.45, 7) is 0.327. The first-order chi connectivity index (χ1) is 10.1. The summed E-state index contributed by atoms with van der Waals surface area (Å²) in [5.74, 6) is 0.0670. The number of carboxylic acid groups (broad SMARTS) is 1. The van der Waals surface area contributed by atoms with Crippen molar-refractivity contribution in [2.45, 2.75) is 50.7 Å². The molecule has 2 bridgehead atoms. The molecule has 1 aromatic rings. The first-order valence-corrected chi connectivity index (χ1v) is 7.31. The van der Waals surface area contributed by atoms with Crippen molar-refractivity contribution in [2.75, 3.05) is 0 Å². The van der Waals surface area contributed by atoms with Crippen molar-refractivity contribution in [1.29, 1.82) is 0 Å². The SMILES string of the molecule is O=C(O)CC1CC2CCC(C1)N2C(=O)NCc1ccno1. The molecule has 2 unspecified atom stereocenters. The van der Waals surface area contributed by atoms with E-state index in [0.717, 1.165) is 25.7 Å². The van der Waals surface area contributed by atoms with Gasteiger partial charge in [0.25, 0.3) is 0 Å². The van der Waals surface area contributed by atoms with E-state index in [1.54, 1.807) is 12.3 Å². The van der Waals surface area contributed by atoms with Gasteiger partial charge < -0.3 is 19.8 Å². The molecule has 7 heteroatoms. The first-order valence-electron chi connectivity index (χ1n) is 7.31. The van der Waals surface area contributed by atoms with Crippen molar-refractivity contribution in [1.82, 2.24) is 15.4 Å². The van der Waals surface area contributed by atoms with E-state index in [9.17, 15) is 9.59 Å². The molecule has 21 heavy (non-hydrogen) atoms. The zero-order valence-electron chi connectivity index (χ0n) is 11.7. The van der Waals surface area contributed by atoms with Gasteiger partial charge in [-0.1, -0.05) is 5.16 Å². The largest absolute Gasteiger partial charge is 0.481 e. The molecular weight excluding hydrogens is 274 g/mol. The van der Waals surface area contributed by atoms with Crippen LogP contribution < -0.4 is 5.32 Å². The highest BCUT2D eigenvalue weighted by Crippen LogP contribution is 2.39. The number of piperidine rings is 1. The number of rotatable bonds is 4. The van der Waals surface area contributed by atoms with Gasteiger partial charge in [0.1, 0.15) is 0 Å². The number of hydrogen-bond donors (Lipinski definition) is 2. The maximum absolute atomic E-state index is 12.3. The minimum atomic E-state index is -0.748. The van der Waals surface area contributed by atoms with Crippen LogP contribution in [0.1, 0.15) is 37.9 Å². The molecule has 2 saturated heterocycles. The minimum Gasteiger partial charge on any atom is -0.481 e. The molecule has 0 aromatic carbocycles. The number of aliphatic carboxylic acids is 1. The fraction of sp³-hybridized carbons (Fsp3) is 0.643. The summed E-state index contributed by atoms with van der Waals surface area (Å²) in [5, 5.41) is 15.4. The molecule has 0 aliphatic carbocycles. The van der Waals surface area contributed by atoms with Crippen LogP contribution >= 0.6 is 0 Å². The zero-order chi connectivity index (χ0) is 14.8. The number of aromatic nitrogens is 1. The van der Waals surface area contributed by atoms with Gasteiger partial charge in [0.05, 0.1) is 12.7 Å². The lowest BCUT2D eigenvalue weighted by Gasteiger charge is -2.38. The van der Waals surface area contributed by atoms with Gasteiger partial charge in [0.2, 0.25) is 0 Å². The third-order valence-corrected chi connectivity index (χ3v) is 4.43. The Morgan fingerprint density at radius 3 is 2.67 bits per heavy atom. The van der Waals surface area contributed by atoms with Crippen LogP contribution in [0.3, 0.4) is 0 Å². The van der Waals surface area contributed by atoms with Crippen LogP contribution in [0.4, 0.5) is 4.79 Å². The number of nitrogens with one attached hydrogen (secondary N) is 1. The number of carboxylic acids is 1. The van der Waals surface area contributed by atoms with Crippen LogP contribution in [0.15, 0.2) is 16.8 Å². The molecule has 0 radical (unpaired) electrons. The van der Waals surface area contributed by atoms with Crippen molar-refractivity contribution in [3.8, 4) is 0 Å². The summed E-state index contributed by atoms with van der Waals surface area (Å²) < 4.78 is 4.95. The molecule has 2 aliphatic heterocycles. The normalized spacial score (nSPS) is 27.6. The average molecular weight is 293 g/mol. The molecule has 2 amide bonds. The number of hydrogen-bond acceptors (Lipinski definition) is 4. The molecule has 7 nitrogen and oxygen atoms in total. The van der Waals surface area contributed by atoms with Gasteiger partial charge in [0.15, 0.2) is 5.76 Å². The van der Waals surface area contributed by atoms with E-state index in [1.807, 2.05) is 4.90 Å². The van der Waals surface area contributed by atoms with Crippen LogP contribution in [0.2, 0.25) is 0 Å².